The Balaban J connectivity index is 1.89. The van der Waals surface area contributed by atoms with Gasteiger partial charge in [-0.25, -0.2) is 0 Å². The molecule has 2 aliphatic carbocycles. The highest BCUT2D eigenvalue weighted by atomic mass is 14.4. The van der Waals surface area contributed by atoms with Crippen molar-refractivity contribution in [1.82, 2.24) is 0 Å². The minimum absolute atomic E-state index is 0.586. The Hall–Kier alpha value is 0. The third-order valence-electron chi connectivity index (χ3n) is 5.72. The van der Waals surface area contributed by atoms with E-state index in [1.54, 1.807) is 0 Å². The molecule has 2 saturated carbocycles. The van der Waals surface area contributed by atoms with Crippen molar-refractivity contribution in [3.63, 3.8) is 0 Å². The third-order valence-corrected chi connectivity index (χ3v) is 5.72. The predicted molar refractivity (Wildman–Crippen MR) is 80.6 cm³/mol. The van der Waals surface area contributed by atoms with Gasteiger partial charge >= 0.3 is 0 Å². The molecule has 2 rings (SSSR count). The second-order valence-electron chi connectivity index (χ2n) is 8.32. The maximum absolute atomic E-state index is 2.54. The molecule has 0 heterocycles. The molecule has 18 heavy (non-hydrogen) atoms. The molecule has 0 aliphatic heterocycles. The minimum atomic E-state index is 0.586. The van der Waals surface area contributed by atoms with E-state index in [0.717, 1.165) is 23.7 Å². The third kappa shape index (κ3) is 3.75. The topological polar surface area (TPSA) is 0 Å². The molecule has 0 N–H and O–H groups in total. The van der Waals surface area contributed by atoms with Gasteiger partial charge in [0.25, 0.3) is 0 Å². The second-order valence-corrected chi connectivity index (χ2v) is 8.32. The van der Waals surface area contributed by atoms with Gasteiger partial charge in [-0.05, 0) is 41.9 Å². The maximum Gasteiger partial charge on any atom is -0.0349 e. The summed E-state index contributed by atoms with van der Waals surface area (Å²) in [5, 5.41) is 0. The van der Waals surface area contributed by atoms with Crippen LogP contribution in [0.15, 0.2) is 0 Å². The van der Waals surface area contributed by atoms with Gasteiger partial charge in [0.2, 0.25) is 0 Å². The molecular formula is C18H34. The summed E-state index contributed by atoms with van der Waals surface area (Å²) in [6, 6.07) is 0. The molecule has 0 radical (unpaired) electrons. The molecule has 0 heteroatoms. The summed E-state index contributed by atoms with van der Waals surface area (Å²) in [7, 11) is 0. The Morgan fingerprint density at radius 2 is 1.56 bits per heavy atom. The van der Waals surface area contributed by atoms with Crippen molar-refractivity contribution in [3.05, 3.63) is 0 Å². The summed E-state index contributed by atoms with van der Waals surface area (Å²) in [6.45, 7) is 10.00. The van der Waals surface area contributed by atoms with Gasteiger partial charge in [0.15, 0.2) is 0 Å². The van der Waals surface area contributed by atoms with Crippen molar-refractivity contribution in [3.8, 4) is 0 Å². The lowest BCUT2D eigenvalue weighted by Gasteiger charge is -2.39. The maximum atomic E-state index is 2.54. The fourth-order valence-electron chi connectivity index (χ4n) is 4.53. The molecule has 0 saturated heterocycles. The van der Waals surface area contributed by atoms with Crippen LogP contribution in [0.4, 0.5) is 0 Å². The van der Waals surface area contributed by atoms with E-state index in [4.69, 9.17) is 0 Å². The number of hydrogen-bond donors (Lipinski definition) is 0. The highest BCUT2D eigenvalue weighted by Crippen LogP contribution is 2.45. The Labute approximate surface area is 115 Å². The highest BCUT2D eigenvalue weighted by Gasteiger charge is 2.34. The van der Waals surface area contributed by atoms with Crippen LogP contribution in [-0.4, -0.2) is 0 Å². The average Bonchev–Trinajstić information content (AvgIpc) is 2.73. The molecule has 1 unspecified atom stereocenters. The monoisotopic (exact) mass is 250 g/mol. The Kier molecular flexibility index (Phi) is 4.78. The van der Waals surface area contributed by atoms with Crippen LogP contribution >= 0.6 is 0 Å². The number of rotatable bonds is 6. The SMILES string of the molecule is CC(C)C(CC(C)(C)CC1CCC1)C1CCCC1. The lowest BCUT2D eigenvalue weighted by Crippen LogP contribution is -2.29. The van der Waals surface area contributed by atoms with Crippen molar-refractivity contribution in [2.75, 3.05) is 0 Å². The second kappa shape index (κ2) is 5.97. The highest BCUT2D eigenvalue weighted by molar-refractivity contribution is 4.85. The van der Waals surface area contributed by atoms with Crippen molar-refractivity contribution in [1.29, 1.82) is 0 Å². The van der Waals surface area contributed by atoms with Gasteiger partial charge in [0.05, 0.1) is 0 Å². The molecule has 0 aromatic carbocycles. The van der Waals surface area contributed by atoms with Crippen molar-refractivity contribution >= 4 is 0 Å². The van der Waals surface area contributed by atoms with Gasteiger partial charge in [-0.3, -0.25) is 0 Å². The van der Waals surface area contributed by atoms with Gasteiger partial charge < -0.3 is 0 Å². The summed E-state index contributed by atoms with van der Waals surface area (Å²) in [5.41, 5.74) is 0.586. The Morgan fingerprint density at radius 3 is 2.00 bits per heavy atom. The first-order valence-electron chi connectivity index (χ1n) is 8.48. The van der Waals surface area contributed by atoms with Gasteiger partial charge in [-0.2, -0.15) is 0 Å². The zero-order valence-corrected chi connectivity index (χ0v) is 13.2. The van der Waals surface area contributed by atoms with E-state index >= 15 is 0 Å². The van der Waals surface area contributed by atoms with Gasteiger partial charge in [-0.1, -0.05) is 72.6 Å². The smallest absolute Gasteiger partial charge is 0.0349 e. The zero-order valence-electron chi connectivity index (χ0n) is 13.2. The first-order valence-corrected chi connectivity index (χ1v) is 8.48. The van der Waals surface area contributed by atoms with E-state index in [-0.39, 0.29) is 0 Å². The molecule has 1 atom stereocenters. The van der Waals surface area contributed by atoms with Crippen LogP contribution in [0.1, 0.15) is 85.5 Å². The summed E-state index contributed by atoms with van der Waals surface area (Å²) in [6.07, 6.45) is 13.5. The van der Waals surface area contributed by atoms with Crippen molar-refractivity contribution in [2.24, 2.45) is 29.1 Å². The molecule has 0 bridgehead atoms. The van der Waals surface area contributed by atoms with Gasteiger partial charge in [0, 0.05) is 0 Å². The van der Waals surface area contributed by atoms with Crippen LogP contribution in [-0.2, 0) is 0 Å². The van der Waals surface area contributed by atoms with Crippen LogP contribution in [0.5, 0.6) is 0 Å². The molecule has 2 aliphatic rings. The molecule has 0 nitrogen and oxygen atoms in total. The zero-order chi connectivity index (χ0) is 13.2. The first kappa shape index (κ1) is 14.4. The van der Waals surface area contributed by atoms with E-state index in [1.807, 2.05) is 0 Å². The molecule has 2 fully saturated rings. The van der Waals surface area contributed by atoms with E-state index in [0.29, 0.717) is 5.41 Å². The van der Waals surface area contributed by atoms with Crippen LogP contribution in [0.3, 0.4) is 0 Å². The van der Waals surface area contributed by atoms with Crippen LogP contribution in [0.2, 0.25) is 0 Å². The van der Waals surface area contributed by atoms with Crippen molar-refractivity contribution in [2.45, 2.75) is 85.5 Å². The van der Waals surface area contributed by atoms with Crippen LogP contribution < -0.4 is 0 Å². The summed E-state index contributed by atoms with van der Waals surface area (Å²) in [4.78, 5) is 0. The summed E-state index contributed by atoms with van der Waals surface area (Å²) >= 11 is 0. The fourth-order valence-corrected chi connectivity index (χ4v) is 4.53. The summed E-state index contributed by atoms with van der Waals surface area (Å²) < 4.78 is 0. The largest absolute Gasteiger partial charge is 0.0625 e. The van der Waals surface area contributed by atoms with Crippen molar-refractivity contribution < 1.29 is 0 Å². The Morgan fingerprint density at radius 1 is 0.944 bits per heavy atom. The predicted octanol–water partition coefficient (Wildman–Crippen LogP) is 6.06. The van der Waals surface area contributed by atoms with Gasteiger partial charge in [0.1, 0.15) is 0 Å². The molecular weight excluding hydrogens is 216 g/mol. The molecule has 0 aromatic rings. The van der Waals surface area contributed by atoms with Gasteiger partial charge in [-0.15, -0.1) is 0 Å². The number of hydrogen-bond acceptors (Lipinski definition) is 0. The first-order chi connectivity index (χ1) is 8.48. The normalized spacial score (nSPS) is 24.5. The molecule has 0 amide bonds. The Bertz CT molecular complexity index is 241. The van der Waals surface area contributed by atoms with Crippen LogP contribution in [0.25, 0.3) is 0 Å². The van der Waals surface area contributed by atoms with E-state index < -0.39 is 0 Å². The molecule has 0 spiro atoms. The summed E-state index contributed by atoms with van der Waals surface area (Å²) in [5.74, 6) is 3.98. The lowest BCUT2D eigenvalue weighted by atomic mass is 9.66. The van der Waals surface area contributed by atoms with E-state index in [9.17, 15) is 0 Å². The molecule has 0 aromatic heterocycles. The minimum Gasteiger partial charge on any atom is -0.0625 e. The van der Waals surface area contributed by atoms with Crippen LogP contribution in [0, 0.1) is 29.1 Å². The lowest BCUT2D eigenvalue weighted by molar-refractivity contribution is 0.116. The van der Waals surface area contributed by atoms with E-state index in [1.165, 1.54) is 57.8 Å². The quantitative estimate of drug-likeness (QED) is 0.538. The molecule has 106 valence electrons. The standard InChI is InChI=1S/C18H34/c1-14(2)17(16-10-5-6-11-16)13-18(3,4)12-15-8-7-9-15/h14-17H,5-13H2,1-4H3. The average molecular weight is 250 g/mol. The fraction of sp³-hybridized carbons (Fsp3) is 1.00. The van der Waals surface area contributed by atoms with E-state index in [2.05, 4.69) is 27.7 Å².